The number of anilines is 1. The summed E-state index contributed by atoms with van der Waals surface area (Å²) in [6, 6.07) is 13.5. The number of carbonyl (C=O) groups is 1. The van der Waals surface area contributed by atoms with Crippen LogP contribution in [0.1, 0.15) is 26.3 Å². The quantitative estimate of drug-likeness (QED) is 0.230. The lowest BCUT2D eigenvalue weighted by molar-refractivity contribution is 0.223. The predicted molar refractivity (Wildman–Crippen MR) is 134 cm³/mol. The number of ether oxygens (including phenoxy) is 1. The molecule has 0 saturated heterocycles. The fraction of sp³-hybridized carbons (Fsp3) is 0.364. The summed E-state index contributed by atoms with van der Waals surface area (Å²) in [6.45, 7) is 6.78. The maximum atomic E-state index is 13.2. The summed E-state index contributed by atoms with van der Waals surface area (Å²) in [5.74, 6) is 0.790. The van der Waals surface area contributed by atoms with Gasteiger partial charge in [0.05, 0.1) is 6.54 Å². The number of halogens is 2. The smallest absolute Gasteiger partial charge is 0.319 e. The highest BCUT2D eigenvalue weighted by Crippen LogP contribution is 2.13. The molecule has 1 unspecified atom stereocenters. The number of nitrogens with one attached hydrogen (secondary N) is 4. The van der Waals surface area contributed by atoms with E-state index in [1.165, 1.54) is 12.1 Å². The molecule has 0 aliphatic rings. The molecule has 0 fully saturated rings. The van der Waals surface area contributed by atoms with Crippen LogP contribution in [0.25, 0.3) is 0 Å². The van der Waals surface area contributed by atoms with Gasteiger partial charge in [0, 0.05) is 31.4 Å². The van der Waals surface area contributed by atoms with Crippen LogP contribution >= 0.6 is 24.0 Å². The Bertz CT molecular complexity index is 846. The minimum absolute atomic E-state index is 0. The third-order valence-electron chi connectivity index (χ3n) is 4.01. The Morgan fingerprint density at radius 1 is 1.10 bits per heavy atom. The van der Waals surface area contributed by atoms with Crippen LogP contribution in [0, 0.1) is 5.82 Å². The average Bonchev–Trinajstić information content (AvgIpc) is 2.68. The highest BCUT2D eigenvalue weighted by atomic mass is 127. The van der Waals surface area contributed by atoms with Crippen molar-refractivity contribution in [3.05, 3.63) is 59.9 Å². The molecule has 0 bridgehead atoms. The third-order valence-corrected chi connectivity index (χ3v) is 4.01. The summed E-state index contributed by atoms with van der Waals surface area (Å²) >= 11 is 0. The van der Waals surface area contributed by atoms with Gasteiger partial charge in [-0.2, -0.15) is 0 Å². The van der Waals surface area contributed by atoms with E-state index in [-0.39, 0.29) is 48.0 Å². The highest BCUT2D eigenvalue weighted by Gasteiger charge is 2.07. The molecular weight excluding hydrogens is 512 g/mol. The van der Waals surface area contributed by atoms with Crippen molar-refractivity contribution >= 4 is 41.7 Å². The van der Waals surface area contributed by atoms with Gasteiger partial charge in [0.1, 0.15) is 17.7 Å². The molecular formula is C22H31FIN5O2. The van der Waals surface area contributed by atoms with Gasteiger partial charge in [-0.1, -0.05) is 18.2 Å². The number of rotatable bonds is 8. The normalized spacial score (nSPS) is 11.9. The molecule has 7 nitrogen and oxygen atoms in total. The van der Waals surface area contributed by atoms with Crippen LogP contribution in [0.2, 0.25) is 0 Å². The van der Waals surface area contributed by atoms with E-state index in [0.717, 1.165) is 11.3 Å². The first-order valence-corrected chi connectivity index (χ1v) is 9.89. The van der Waals surface area contributed by atoms with E-state index in [1.54, 1.807) is 19.2 Å². The van der Waals surface area contributed by atoms with Crippen molar-refractivity contribution < 1.29 is 13.9 Å². The molecule has 0 saturated carbocycles. The molecule has 9 heteroatoms. The lowest BCUT2D eigenvalue weighted by Gasteiger charge is -2.18. The third kappa shape index (κ3) is 10.3. The topological polar surface area (TPSA) is 86.8 Å². The summed E-state index contributed by atoms with van der Waals surface area (Å²) in [4.78, 5) is 15.9. The molecule has 0 radical (unpaired) electrons. The van der Waals surface area contributed by atoms with Crippen molar-refractivity contribution in [2.75, 3.05) is 18.9 Å². The Kier molecular flexibility index (Phi) is 11.7. The van der Waals surface area contributed by atoms with Crippen LogP contribution in [-0.4, -0.2) is 37.7 Å². The van der Waals surface area contributed by atoms with Gasteiger partial charge >= 0.3 is 6.03 Å². The van der Waals surface area contributed by atoms with E-state index in [2.05, 4.69) is 26.3 Å². The van der Waals surface area contributed by atoms with Crippen molar-refractivity contribution in [1.29, 1.82) is 0 Å². The van der Waals surface area contributed by atoms with Crippen LogP contribution in [0.5, 0.6) is 5.75 Å². The summed E-state index contributed by atoms with van der Waals surface area (Å²) in [7, 11) is 1.69. The zero-order valence-electron chi connectivity index (χ0n) is 18.2. The van der Waals surface area contributed by atoms with E-state index in [9.17, 15) is 9.18 Å². The lowest BCUT2D eigenvalue weighted by Crippen LogP contribution is -2.41. The minimum Gasteiger partial charge on any atom is -0.489 e. The molecule has 0 aromatic heterocycles. The van der Waals surface area contributed by atoms with Crippen molar-refractivity contribution in [1.82, 2.24) is 16.0 Å². The van der Waals surface area contributed by atoms with E-state index < -0.39 is 0 Å². The second-order valence-electron chi connectivity index (χ2n) is 7.14. The van der Waals surface area contributed by atoms with Gasteiger partial charge in [-0.25, -0.2) is 9.18 Å². The van der Waals surface area contributed by atoms with Gasteiger partial charge in [0.15, 0.2) is 5.96 Å². The van der Waals surface area contributed by atoms with Crippen LogP contribution < -0.4 is 26.0 Å². The molecule has 0 aliphatic carbocycles. The van der Waals surface area contributed by atoms with Crippen LogP contribution in [0.3, 0.4) is 0 Å². The van der Waals surface area contributed by atoms with Gasteiger partial charge < -0.3 is 26.0 Å². The van der Waals surface area contributed by atoms with Gasteiger partial charge in [-0.05, 0) is 50.6 Å². The fourth-order valence-electron chi connectivity index (χ4n) is 2.60. The second-order valence-corrected chi connectivity index (χ2v) is 7.14. The van der Waals surface area contributed by atoms with E-state index in [0.29, 0.717) is 24.8 Å². The Morgan fingerprint density at radius 3 is 2.42 bits per heavy atom. The first-order valence-electron chi connectivity index (χ1n) is 9.89. The number of nitrogens with zero attached hydrogens (tertiary/aromatic N) is 1. The number of amides is 2. The van der Waals surface area contributed by atoms with Crippen LogP contribution in [0.4, 0.5) is 14.9 Å². The Labute approximate surface area is 200 Å². The first-order chi connectivity index (χ1) is 14.4. The second kappa shape index (κ2) is 13.7. The van der Waals surface area contributed by atoms with E-state index in [4.69, 9.17) is 4.74 Å². The maximum absolute atomic E-state index is 13.2. The molecule has 0 spiro atoms. The first kappa shape index (κ1) is 26.5. The maximum Gasteiger partial charge on any atom is 0.319 e. The van der Waals surface area contributed by atoms with Gasteiger partial charge in [-0.3, -0.25) is 4.99 Å². The number of hydrogen-bond donors (Lipinski definition) is 4. The van der Waals surface area contributed by atoms with Gasteiger partial charge in [0.25, 0.3) is 0 Å². The Morgan fingerprint density at radius 2 is 1.81 bits per heavy atom. The highest BCUT2D eigenvalue weighted by molar-refractivity contribution is 14.0. The predicted octanol–water partition coefficient (Wildman–Crippen LogP) is 4.11. The van der Waals surface area contributed by atoms with Crippen LogP contribution in [-0.2, 0) is 6.54 Å². The number of aliphatic imine (C=N–C) groups is 1. The Hall–Kier alpha value is -2.56. The van der Waals surface area contributed by atoms with Crippen LogP contribution in [0.15, 0.2) is 53.5 Å². The summed E-state index contributed by atoms with van der Waals surface area (Å²) in [6.07, 6.45) is -0.173. The number of urea groups is 1. The van der Waals surface area contributed by atoms with E-state index in [1.807, 2.05) is 45.0 Å². The number of benzene rings is 2. The zero-order valence-corrected chi connectivity index (χ0v) is 20.6. The van der Waals surface area contributed by atoms with Crippen molar-refractivity contribution in [3.63, 3.8) is 0 Å². The minimum atomic E-state index is -0.327. The standard InChI is InChI=1S/C22H30FN5O2.HI/c1-15(2)27-22(29)28-19-10-8-17(9-11-19)14-26-21(24-4)25-13-16(3)30-20-7-5-6-18(23)12-20;/h5-12,15-16H,13-14H2,1-4H3,(H2,24,25,26)(H2,27,28,29);1H. The summed E-state index contributed by atoms with van der Waals surface area (Å²) in [5.41, 5.74) is 1.76. The molecule has 2 aromatic rings. The molecule has 170 valence electrons. The molecule has 0 aliphatic heterocycles. The molecule has 0 heterocycles. The molecule has 4 N–H and O–H groups in total. The fourth-order valence-corrected chi connectivity index (χ4v) is 2.60. The van der Waals surface area contributed by atoms with Crippen molar-refractivity contribution in [2.24, 2.45) is 4.99 Å². The van der Waals surface area contributed by atoms with Crippen molar-refractivity contribution in [3.8, 4) is 5.75 Å². The monoisotopic (exact) mass is 543 g/mol. The number of carbonyl (C=O) groups excluding carboxylic acids is 1. The van der Waals surface area contributed by atoms with E-state index >= 15 is 0 Å². The molecule has 1 atom stereocenters. The molecule has 2 rings (SSSR count). The molecule has 31 heavy (non-hydrogen) atoms. The van der Waals surface area contributed by atoms with Gasteiger partial charge in [-0.15, -0.1) is 24.0 Å². The molecule has 2 aromatic carbocycles. The lowest BCUT2D eigenvalue weighted by atomic mass is 10.2. The number of hydrogen-bond acceptors (Lipinski definition) is 3. The van der Waals surface area contributed by atoms with Crippen molar-refractivity contribution in [2.45, 2.75) is 39.5 Å². The Balaban J connectivity index is 0.00000480. The zero-order chi connectivity index (χ0) is 21.9. The largest absolute Gasteiger partial charge is 0.489 e. The number of guanidine groups is 1. The molecule has 2 amide bonds. The summed E-state index contributed by atoms with van der Waals surface area (Å²) < 4.78 is 18.9. The van der Waals surface area contributed by atoms with Gasteiger partial charge in [0.2, 0.25) is 0 Å². The SMILES string of the molecule is CN=C(NCc1ccc(NC(=O)NC(C)C)cc1)NCC(C)Oc1cccc(F)c1.I. The summed E-state index contributed by atoms with van der Waals surface area (Å²) in [5, 5.41) is 12.0. The average molecular weight is 543 g/mol.